The molecule has 0 aliphatic heterocycles. The number of hydrogen-bond acceptors (Lipinski definition) is 4. The quantitative estimate of drug-likeness (QED) is 0.540. The highest BCUT2D eigenvalue weighted by Crippen LogP contribution is 2.19. The first-order chi connectivity index (χ1) is 14.0. The molecule has 0 atom stereocenters. The van der Waals surface area contributed by atoms with Crippen molar-refractivity contribution >= 4 is 11.9 Å². The summed E-state index contributed by atoms with van der Waals surface area (Å²) >= 11 is 0. The zero-order chi connectivity index (χ0) is 20.4. The van der Waals surface area contributed by atoms with Gasteiger partial charge in [-0.2, -0.15) is 10.1 Å². The zero-order valence-electron chi connectivity index (χ0n) is 15.4. The van der Waals surface area contributed by atoms with Crippen molar-refractivity contribution in [2.75, 3.05) is 5.32 Å². The van der Waals surface area contributed by atoms with Gasteiger partial charge in [0.15, 0.2) is 5.82 Å². The van der Waals surface area contributed by atoms with E-state index < -0.39 is 5.91 Å². The maximum atomic E-state index is 13.2. The Hall–Kier alpha value is -3.88. The topological polar surface area (TPSA) is 88.5 Å². The van der Waals surface area contributed by atoms with Crippen LogP contribution < -0.4 is 5.32 Å². The number of nitrogens with one attached hydrogen (secondary N) is 2. The molecule has 4 aromatic rings. The van der Waals surface area contributed by atoms with Gasteiger partial charge in [0.2, 0.25) is 5.95 Å². The Morgan fingerprint density at radius 1 is 1.07 bits per heavy atom. The summed E-state index contributed by atoms with van der Waals surface area (Å²) in [4.78, 5) is 16.9. The Morgan fingerprint density at radius 3 is 2.38 bits per heavy atom. The van der Waals surface area contributed by atoms with Crippen molar-refractivity contribution in [3.05, 3.63) is 77.6 Å². The molecule has 0 spiro atoms. The number of aromatic amines is 1. The molecule has 9 heteroatoms. The first-order valence-corrected chi connectivity index (χ1v) is 8.87. The van der Waals surface area contributed by atoms with Crippen molar-refractivity contribution in [2.45, 2.75) is 13.3 Å². The first-order valence-electron chi connectivity index (χ1n) is 8.87. The van der Waals surface area contributed by atoms with Gasteiger partial charge in [-0.25, -0.2) is 13.5 Å². The third-order valence-corrected chi connectivity index (χ3v) is 4.35. The largest absolute Gasteiger partial charge is 0.289 e. The molecular formula is C20H16F2N6O. The Balaban J connectivity index is 1.56. The predicted molar refractivity (Wildman–Crippen MR) is 103 cm³/mol. The number of carbonyl (C=O) groups is 1. The van der Waals surface area contributed by atoms with E-state index in [9.17, 15) is 13.6 Å². The molecule has 0 aliphatic rings. The summed E-state index contributed by atoms with van der Waals surface area (Å²) in [5.41, 5.74) is 2.32. The maximum absolute atomic E-state index is 13.2. The molecule has 2 aromatic carbocycles. The fourth-order valence-electron chi connectivity index (χ4n) is 2.93. The Kier molecular flexibility index (Phi) is 4.86. The molecule has 2 heterocycles. The van der Waals surface area contributed by atoms with Gasteiger partial charge >= 0.3 is 0 Å². The number of anilines is 1. The molecule has 0 saturated carbocycles. The number of amides is 1. The Labute approximate surface area is 164 Å². The normalized spacial score (nSPS) is 10.9. The SMILES string of the molecule is CCc1c(C(=O)Nc2n[nH]c(-c3ccc(F)cc3)n2)cnn1-c1ccc(F)cc1. The first kappa shape index (κ1) is 18.5. The lowest BCUT2D eigenvalue weighted by molar-refractivity contribution is 0.102. The van der Waals surface area contributed by atoms with Gasteiger partial charge in [0, 0.05) is 5.56 Å². The average Bonchev–Trinajstić information content (AvgIpc) is 3.36. The molecule has 7 nitrogen and oxygen atoms in total. The molecule has 1 amide bonds. The fraction of sp³-hybridized carbons (Fsp3) is 0.100. The number of halogens is 2. The van der Waals surface area contributed by atoms with Crippen LogP contribution in [0.1, 0.15) is 23.0 Å². The van der Waals surface area contributed by atoms with Crippen molar-refractivity contribution in [1.82, 2.24) is 25.0 Å². The van der Waals surface area contributed by atoms with E-state index in [1.54, 1.807) is 28.9 Å². The molecule has 0 fully saturated rings. The van der Waals surface area contributed by atoms with Crippen LogP contribution in [0.15, 0.2) is 54.7 Å². The number of H-pyrrole nitrogens is 1. The molecule has 2 N–H and O–H groups in total. The second-order valence-corrected chi connectivity index (χ2v) is 6.22. The molecule has 0 unspecified atom stereocenters. The van der Waals surface area contributed by atoms with Gasteiger partial charge in [-0.3, -0.25) is 15.2 Å². The van der Waals surface area contributed by atoms with Gasteiger partial charge in [0.1, 0.15) is 11.6 Å². The molecule has 0 bridgehead atoms. The van der Waals surface area contributed by atoms with Gasteiger partial charge in [0.25, 0.3) is 5.91 Å². The van der Waals surface area contributed by atoms with Gasteiger partial charge in [-0.15, -0.1) is 5.10 Å². The molecule has 29 heavy (non-hydrogen) atoms. The number of hydrogen-bond donors (Lipinski definition) is 2. The van der Waals surface area contributed by atoms with E-state index in [2.05, 4.69) is 25.6 Å². The fourth-order valence-corrected chi connectivity index (χ4v) is 2.93. The number of aromatic nitrogens is 5. The van der Waals surface area contributed by atoms with E-state index in [0.29, 0.717) is 34.8 Å². The molecule has 0 aliphatic carbocycles. The van der Waals surface area contributed by atoms with Crippen molar-refractivity contribution < 1.29 is 13.6 Å². The van der Waals surface area contributed by atoms with Crippen LogP contribution in [0.5, 0.6) is 0 Å². The maximum Gasteiger partial charge on any atom is 0.261 e. The Morgan fingerprint density at radius 2 is 1.72 bits per heavy atom. The highest BCUT2D eigenvalue weighted by molar-refractivity contribution is 6.04. The predicted octanol–water partition coefficient (Wildman–Crippen LogP) is 3.75. The summed E-state index contributed by atoms with van der Waals surface area (Å²) in [7, 11) is 0. The van der Waals surface area contributed by atoms with Crippen LogP contribution in [0.2, 0.25) is 0 Å². The minimum absolute atomic E-state index is 0.0888. The highest BCUT2D eigenvalue weighted by atomic mass is 19.1. The summed E-state index contributed by atoms with van der Waals surface area (Å²) < 4.78 is 27.8. The lowest BCUT2D eigenvalue weighted by Gasteiger charge is -2.07. The van der Waals surface area contributed by atoms with Crippen molar-refractivity contribution in [1.29, 1.82) is 0 Å². The molecule has 146 valence electrons. The third-order valence-electron chi connectivity index (χ3n) is 4.35. The number of benzene rings is 2. The molecular weight excluding hydrogens is 378 g/mol. The van der Waals surface area contributed by atoms with Crippen LogP contribution in [0, 0.1) is 11.6 Å². The second kappa shape index (κ2) is 7.63. The monoisotopic (exact) mass is 394 g/mol. The number of carbonyl (C=O) groups excluding carboxylic acids is 1. The van der Waals surface area contributed by atoms with Crippen LogP contribution in [-0.4, -0.2) is 30.9 Å². The average molecular weight is 394 g/mol. The zero-order valence-corrected chi connectivity index (χ0v) is 15.4. The van der Waals surface area contributed by atoms with Crippen molar-refractivity contribution in [3.8, 4) is 17.1 Å². The van der Waals surface area contributed by atoms with Gasteiger partial charge in [-0.1, -0.05) is 6.92 Å². The van der Waals surface area contributed by atoms with Crippen LogP contribution >= 0.6 is 0 Å². The number of nitrogens with zero attached hydrogens (tertiary/aromatic N) is 4. The van der Waals surface area contributed by atoms with E-state index in [1.807, 2.05) is 6.92 Å². The second-order valence-electron chi connectivity index (χ2n) is 6.22. The smallest absolute Gasteiger partial charge is 0.261 e. The van der Waals surface area contributed by atoms with E-state index in [0.717, 1.165) is 0 Å². The van der Waals surface area contributed by atoms with E-state index >= 15 is 0 Å². The molecule has 4 rings (SSSR count). The lowest BCUT2D eigenvalue weighted by Crippen LogP contribution is -2.15. The van der Waals surface area contributed by atoms with Gasteiger partial charge in [-0.05, 0) is 55.0 Å². The number of rotatable bonds is 5. The van der Waals surface area contributed by atoms with Crippen molar-refractivity contribution in [2.24, 2.45) is 0 Å². The highest BCUT2D eigenvalue weighted by Gasteiger charge is 2.19. The third kappa shape index (κ3) is 3.75. The van der Waals surface area contributed by atoms with E-state index in [4.69, 9.17) is 0 Å². The molecule has 2 aromatic heterocycles. The molecule has 0 saturated heterocycles. The molecule has 0 radical (unpaired) electrons. The van der Waals surface area contributed by atoms with Crippen LogP contribution in [-0.2, 0) is 6.42 Å². The summed E-state index contributed by atoms with van der Waals surface area (Å²) in [6, 6.07) is 11.6. The van der Waals surface area contributed by atoms with Crippen LogP contribution in [0.3, 0.4) is 0 Å². The standard InChI is InChI=1S/C20H16F2N6O/c1-2-17-16(11-23-28(17)15-9-7-14(22)8-10-15)19(29)25-20-24-18(26-27-20)12-3-5-13(21)6-4-12/h3-11H,2H2,1H3,(H2,24,25,26,27,29). The minimum atomic E-state index is -0.417. The Bertz CT molecular complexity index is 1150. The van der Waals surface area contributed by atoms with E-state index in [-0.39, 0.29) is 17.6 Å². The lowest BCUT2D eigenvalue weighted by atomic mass is 10.2. The minimum Gasteiger partial charge on any atom is -0.289 e. The summed E-state index contributed by atoms with van der Waals surface area (Å²) in [6.07, 6.45) is 1.99. The van der Waals surface area contributed by atoms with Crippen molar-refractivity contribution in [3.63, 3.8) is 0 Å². The van der Waals surface area contributed by atoms with E-state index in [1.165, 1.54) is 30.5 Å². The van der Waals surface area contributed by atoms with Crippen LogP contribution in [0.25, 0.3) is 17.1 Å². The van der Waals surface area contributed by atoms with Gasteiger partial charge < -0.3 is 0 Å². The summed E-state index contributed by atoms with van der Waals surface area (Å²) in [5.74, 6) is -0.630. The van der Waals surface area contributed by atoms with Gasteiger partial charge in [0.05, 0.1) is 23.1 Å². The van der Waals surface area contributed by atoms with Crippen LogP contribution in [0.4, 0.5) is 14.7 Å². The summed E-state index contributed by atoms with van der Waals surface area (Å²) in [5, 5.41) is 13.6. The summed E-state index contributed by atoms with van der Waals surface area (Å²) in [6.45, 7) is 1.90.